The molecule has 0 amide bonds. The van der Waals surface area contributed by atoms with E-state index < -0.39 is 0 Å². The molecule has 0 saturated carbocycles. The average Bonchev–Trinajstić information content (AvgIpc) is 2.64. The van der Waals surface area contributed by atoms with Crippen molar-refractivity contribution in [3.8, 4) is 0 Å². The summed E-state index contributed by atoms with van der Waals surface area (Å²) in [5, 5.41) is 0. The van der Waals surface area contributed by atoms with Gasteiger partial charge in [-0.25, -0.2) is 0 Å². The van der Waals surface area contributed by atoms with Crippen LogP contribution in [0.25, 0.3) is 0 Å². The minimum atomic E-state index is 1.01. The van der Waals surface area contributed by atoms with Gasteiger partial charge >= 0.3 is 0 Å². The lowest BCUT2D eigenvalue weighted by Gasteiger charge is -1.99. The van der Waals surface area contributed by atoms with Gasteiger partial charge in [0, 0.05) is 30.2 Å². The molecule has 2 aromatic rings. The molecule has 18 heavy (non-hydrogen) atoms. The third kappa shape index (κ3) is 2.53. The smallest absolute Gasteiger partial charge is 0.0630 e. The fraction of sp³-hybridized carbons (Fsp3) is 0.312. The van der Waals surface area contributed by atoms with Crippen molar-refractivity contribution in [3.05, 3.63) is 52.8 Å². The molecule has 0 spiro atoms. The fourth-order valence-corrected chi connectivity index (χ4v) is 1.98. The number of hydrogen-bond acceptors (Lipinski definition) is 1. The number of hydrogen-bond donors (Lipinski definition) is 0. The Hall–Kier alpha value is -1.83. The molecule has 0 fully saturated rings. The number of rotatable bonds is 3. The van der Waals surface area contributed by atoms with Gasteiger partial charge in [0.15, 0.2) is 0 Å². The van der Waals surface area contributed by atoms with E-state index in [0.717, 1.165) is 12.1 Å². The predicted molar refractivity (Wildman–Crippen MR) is 78.0 cm³/mol. The van der Waals surface area contributed by atoms with Crippen LogP contribution >= 0.6 is 0 Å². The van der Waals surface area contributed by atoms with E-state index in [2.05, 4.69) is 67.7 Å². The summed E-state index contributed by atoms with van der Waals surface area (Å²) >= 11 is 0. The van der Waals surface area contributed by atoms with Crippen molar-refractivity contribution in [2.75, 3.05) is 0 Å². The van der Waals surface area contributed by atoms with E-state index in [1.807, 2.05) is 6.21 Å². The largest absolute Gasteiger partial charge is 0.352 e. The van der Waals surface area contributed by atoms with Gasteiger partial charge in [0.25, 0.3) is 0 Å². The highest BCUT2D eigenvalue weighted by atomic mass is 14.9. The molecular formula is C16H20N2. The van der Waals surface area contributed by atoms with Crippen LogP contribution in [-0.4, -0.2) is 10.8 Å². The second-order valence-electron chi connectivity index (χ2n) is 4.66. The van der Waals surface area contributed by atoms with Crippen LogP contribution in [0.4, 0.5) is 5.69 Å². The average molecular weight is 240 g/mol. The molecule has 0 bridgehead atoms. The Morgan fingerprint density at radius 1 is 1.17 bits per heavy atom. The van der Waals surface area contributed by atoms with Gasteiger partial charge in [-0.1, -0.05) is 19.1 Å². The quantitative estimate of drug-likeness (QED) is 0.723. The van der Waals surface area contributed by atoms with Gasteiger partial charge in [-0.3, -0.25) is 4.99 Å². The van der Waals surface area contributed by atoms with Gasteiger partial charge in [-0.05, 0) is 44.0 Å². The summed E-state index contributed by atoms with van der Waals surface area (Å²) in [4.78, 5) is 4.53. The van der Waals surface area contributed by atoms with Crippen LogP contribution in [0.1, 0.15) is 29.4 Å². The number of aliphatic imine (C=N–C) groups is 1. The first-order valence-corrected chi connectivity index (χ1v) is 6.37. The van der Waals surface area contributed by atoms with E-state index in [4.69, 9.17) is 0 Å². The molecule has 0 aliphatic rings. The van der Waals surface area contributed by atoms with Crippen molar-refractivity contribution in [3.63, 3.8) is 0 Å². The SMILES string of the molecule is CCc1ccc(N=Cc2cc(C)n(C)c2C)cc1. The van der Waals surface area contributed by atoms with Crippen molar-refractivity contribution < 1.29 is 0 Å². The Labute approximate surface area is 109 Å². The van der Waals surface area contributed by atoms with E-state index in [-0.39, 0.29) is 0 Å². The normalized spacial score (nSPS) is 11.3. The first kappa shape index (κ1) is 12.6. The summed E-state index contributed by atoms with van der Waals surface area (Å²) in [6.07, 6.45) is 3.02. The van der Waals surface area contributed by atoms with Gasteiger partial charge in [-0.2, -0.15) is 0 Å². The number of nitrogens with zero attached hydrogens (tertiary/aromatic N) is 2. The first-order chi connectivity index (χ1) is 8.61. The summed E-state index contributed by atoms with van der Waals surface area (Å²) in [6.45, 7) is 6.39. The van der Waals surface area contributed by atoms with Gasteiger partial charge in [0.05, 0.1) is 5.69 Å². The third-order valence-electron chi connectivity index (χ3n) is 3.51. The van der Waals surface area contributed by atoms with E-state index in [9.17, 15) is 0 Å². The molecule has 0 radical (unpaired) electrons. The number of aryl methyl sites for hydroxylation is 2. The third-order valence-corrected chi connectivity index (χ3v) is 3.51. The Morgan fingerprint density at radius 3 is 2.33 bits per heavy atom. The lowest BCUT2D eigenvalue weighted by Crippen LogP contribution is -1.93. The van der Waals surface area contributed by atoms with Gasteiger partial charge in [-0.15, -0.1) is 0 Å². The van der Waals surface area contributed by atoms with E-state index in [1.54, 1.807) is 0 Å². The van der Waals surface area contributed by atoms with Crippen molar-refractivity contribution in [1.29, 1.82) is 0 Å². The minimum absolute atomic E-state index is 1.01. The lowest BCUT2D eigenvalue weighted by atomic mass is 10.1. The van der Waals surface area contributed by atoms with Gasteiger partial charge in [0.2, 0.25) is 0 Å². The van der Waals surface area contributed by atoms with Crippen molar-refractivity contribution in [2.24, 2.45) is 12.0 Å². The van der Waals surface area contributed by atoms with E-state index in [0.29, 0.717) is 0 Å². The molecule has 0 aliphatic heterocycles. The lowest BCUT2D eigenvalue weighted by molar-refractivity contribution is 0.843. The van der Waals surface area contributed by atoms with Gasteiger partial charge < -0.3 is 4.57 Å². The van der Waals surface area contributed by atoms with Crippen LogP contribution in [0, 0.1) is 13.8 Å². The second-order valence-corrected chi connectivity index (χ2v) is 4.66. The zero-order valence-corrected chi connectivity index (χ0v) is 11.6. The zero-order chi connectivity index (χ0) is 13.1. The van der Waals surface area contributed by atoms with Crippen LogP contribution in [-0.2, 0) is 13.5 Å². The molecule has 0 unspecified atom stereocenters. The molecule has 94 valence electrons. The molecule has 1 aromatic carbocycles. The number of benzene rings is 1. The number of aromatic nitrogens is 1. The molecular weight excluding hydrogens is 220 g/mol. The summed E-state index contributed by atoms with van der Waals surface area (Å²) in [5.74, 6) is 0. The minimum Gasteiger partial charge on any atom is -0.352 e. The van der Waals surface area contributed by atoms with Crippen LogP contribution in [0.15, 0.2) is 35.3 Å². The Morgan fingerprint density at radius 2 is 1.83 bits per heavy atom. The van der Waals surface area contributed by atoms with Crippen LogP contribution in [0.5, 0.6) is 0 Å². The topological polar surface area (TPSA) is 17.3 Å². The summed E-state index contributed by atoms with van der Waals surface area (Å²) in [5.41, 5.74) is 6.06. The Bertz CT molecular complexity index is 560. The molecule has 0 atom stereocenters. The van der Waals surface area contributed by atoms with E-state index >= 15 is 0 Å². The van der Waals surface area contributed by atoms with Gasteiger partial charge in [0.1, 0.15) is 0 Å². The van der Waals surface area contributed by atoms with Crippen molar-refractivity contribution >= 4 is 11.9 Å². The monoisotopic (exact) mass is 240 g/mol. The fourth-order valence-electron chi connectivity index (χ4n) is 1.98. The maximum Gasteiger partial charge on any atom is 0.0630 e. The summed E-state index contributed by atoms with van der Waals surface area (Å²) in [7, 11) is 2.08. The zero-order valence-electron chi connectivity index (χ0n) is 11.6. The maximum atomic E-state index is 4.53. The molecule has 1 aromatic heterocycles. The highest BCUT2D eigenvalue weighted by molar-refractivity contribution is 5.83. The molecule has 0 saturated heterocycles. The molecule has 2 rings (SSSR count). The molecule has 0 aliphatic carbocycles. The Balaban J connectivity index is 2.21. The highest BCUT2D eigenvalue weighted by Gasteiger charge is 2.02. The van der Waals surface area contributed by atoms with Crippen LogP contribution < -0.4 is 0 Å². The molecule has 0 N–H and O–H groups in total. The standard InChI is InChI=1S/C16H20N2/c1-5-14-6-8-16(9-7-14)17-11-15-10-12(2)18(4)13(15)3/h6-11H,5H2,1-4H3. The van der Waals surface area contributed by atoms with Crippen LogP contribution in [0.3, 0.4) is 0 Å². The predicted octanol–water partition coefficient (Wildman–Crippen LogP) is 3.95. The molecule has 2 heteroatoms. The first-order valence-electron chi connectivity index (χ1n) is 6.37. The Kier molecular flexibility index (Phi) is 3.66. The van der Waals surface area contributed by atoms with Crippen LogP contribution in [0.2, 0.25) is 0 Å². The molecule has 1 heterocycles. The van der Waals surface area contributed by atoms with E-state index in [1.165, 1.54) is 22.5 Å². The highest BCUT2D eigenvalue weighted by Crippen LogP contribution is 2.15. The summed E-state index contributed by atoms with van der Waals surface area (Å²) < 4.78 is 2.18. The molecule has 2 nitrogen and oxygen atoms in total. The van der Waals surface area contributed by atoms with Crippen molar-refractivity contribution in [1.82, 2.24) is 4.57 Å². The summed E-state index contributed by atoms with van der Waals surface area (Å²) in [6, 6.07) is 10.6. The maximum absolute atomic E-state index is 4.53. The van der Waals surface area contributed by atoms with Crippen molar-refractivity contribution in [2.45, 2.75) is 27.2 Å². The second kappa shape index (κ2) is 5.21.